The van der Waals surface area contributed by atoms with Gasteiger partial charge in [-0.2, -0.15) is 0 Å². The number of hydrogen-bond donors (Lipinski definition) is 2. The number of halogens is 1. The van der Waals surface area contributed by atoms with Crippen LogP contribution in [0.4, 0.5) is 5.82 Å². The first-order valence-corrected chi connectivity index (χ1v) is 6.61. The summed E-state index contributed by atoms with van der Waals surface area (Å²) < 4.78 is 0.810. The third-order valence-corrected chi connectivity index (χ3v) is 3.55. The number of pyridine rings is 1. The van der Waals surface area contributed by atoms with Crippen LogP contribution in [-0.2, 0) is 0 Å². The molecule has 0 saturated heterocycles. The van der Waals surface area contributed by atoms with Gasteiger partial charge in [0, 0.05) is 24.3 Å². The fraction of sp³-hybridized carbons (Fsp3) is 0.500. The average Bonchev–Trinajstić information content (AvgIpc) is 2.26. The van der Waals surface area contributed by atoms with Crippen molar-refractivity contribution in [2.75, 3.05) is 18.9 Å². The van der Waals surface area contributed by atoms with Gasteiger partial charge in [0.15, 0.2) is 0 Å². The van der Waals surface area contributed by atoms with Gasteiger partial charge >= 0.3 is 0 Å². The third kappa shape index (κ3) is 2.97. The zero-order valence-corrected chi connectivity index (χ0v) is 11.4. The van der Waals surface area contributed by atoms with Crippen LogP contribution < -0.4 is 10.6 Å². The smallest absolute Gasteiger partial charge is 0.255 e. The van der Waals surface area contributed by atoms with Crippen LogP contribution in [-0.4, -0.2) is 24.5 Å². The molecule has 1 aliphatic carbocycles. The molecule has 1 fully saturated rings. The average molecular weight is 298 g/mol. The second kappa shape index (κ2) is 5.49. The highest BCUT2D eigenvalue weighted by Gasteiger charge is 2.19. The minimum atomic E-state index is -0.0601. The van der Waals surface area contributed by atoms with Crippen LogP contribution in [0.25, 0.3) is 0 Å². The lowest BCUT2D eigenvalue weighted by molar-refractivity contribution is 0.0939. The highest BCUT2D eigenvalue weighted by atomic mass is 79.9. The van der Waals surface area contributed by atoms with Crippen LogP contribution in [0, 0.1) is 5.92 Å². The Labute approximate surface area is 109 Å². The molecule has 2 rings (SSSR count). The van der Waals surface area contributed by atoms with Crippen LogP contribution in [0.2, 0.25) is 0 Å². The van der Waals surface area contributed by atoms with E-state index in [1.54, 1.807) is 19.3 Å². The zero-order valence-electron chi connectivity index (χ0n) is 9.79. The largest absolute Gasteiger partial charge is 0.372 e. The minimum Gasteiger partial charge on any atom is -0.372 e. The van der Waals surface area contributed by atoms with Crippen molar-refractivity contribution in [1.29, 1.82) is 0 Å². The van der Waals surface area contributed by atoms with Crippen molar-refractivity contribution in [2.24, 2.45) is 5.92 Å². The van der Waals surface area contributed by atoms with E-state index in [1.165, 1.54) is 19.3 Å². The molecule has 0 aliphatic heterocycles. The molecular weight excluding hydrogens is 282 g/mol. The summed E-state index contributed by atoms with van der Waals surface area (Å²) in [6.45, 7) is 0.772. The molecule has 92 valence electrons. The number of carbonyl (C=O) groups excluding carboxylic acids is 1. The summed E-state index contributed by atoms with van der Waals surface area (Å²) in [6, 6.07) is 1.79. The van der Waals surface area contributed by atoms with Crippen LogP contribution in [0.15, 0.2) is 16.7 Å². The monoisotopic (exact) mass is 297 g/mol. The summed E-state index contributed by atoms with van der Waals surface area (Å²) in [5, 5.41) is 5.89. The highest BCUT2D eigenvalue weighted by Crippen LogP contribution is 2.25. The predicted molar refractivity (Wildman–Crippen MR) is 71.2 cm³/mol. The molecule has 0 atom stereocenters. The number of rotatable bonds is 4. The maximum Gasteiger partial charge on any atom is 0.255 e. The molecule has 1 aliphatic rings. The Hall–Kier alpha value is -1.10. The molecule has 0 aromatic carbocycles. The topological polar surface area (TPSA) is 54.0 Å². The number of aromatic nitrogens is 1. The number of anilines is 1. The van der Waals surface area contributed by atoms with E-state index in [2.05, 4.69) is 31.5 Å². The molecule has 0 spiro atoms. The van der Waals surface area contributed by atoms with E-state index in [1.807, 2.05) is 0 Å². The van der Waals surface area contributed by atoms with Gasteiger partial charge < -0.3 is 10.6 Å². The van der Waals surface area contributed by atoms with Crippen molar-refractivity contribution in [3.8, 4) is 0 Å². The summed E-state index contributed by atoms with van der Waals surface area (Å²) in [7, 11) is 1.76. The van der Waals surface area contributed by atoms with Crippen LogP contribution in [0.3, 0.4) is 0 Å². The van der Waals surface area contributed by atoms with Crippen molar-refractivity contribution >= 4 is 27.7 Å². The predicted octanol–water partition coefficient (Wildman–Crippen LogP) is 2.42. The van der Waals surface area contributed by atoms with Crippen molar-refractivity contribution in [2.45, 2.75) is 19.3 Å². The van der Waals surface area contributed by atoms with E-state index in [-0.39, 0.29) is 5.91 Å². The molecule has 0 radical (unpaired) electrons. The molecule has 1 saturated carbocycles. The summed E-state index contributed by atoms with van der Waals surface area (Å²) in [6.07, 6.45) is 5.43. The number of carbonyl (C=O) groups is 1. The molecule has 1 aromatic rings. The van der Waals surface area contributed by atoms with Crippen molar-refractivity contribution < 1.29 is 4.79 Å². The summed E-state index contributed by atoms with van der Waals surface area (Å²) in [4.78, 5) is 16.2. The molecule has 17 heavy (non-hydrogen) atoms. The molecule has 2 N–H and O–H groups in total. The van der Waals surface area contributed by atoms with E-state index in [0.717, 1.165) is 11.0 Å². The molecule has 1 heterocycles. The van der Waals surface area contributed by atoms with Crippen molar-refractivity contribution in [3.05, 3.63) is 22.3 Å². The third-order valence-electron chi connectivity index (χ3n) is 3.11. The quantitative estimate of drug-likeness (QED) is 0.897. The van der Waals surface area contributed by atoms with Gasteiger partial charge in [-0.3, -0.25) is 4.79 Å². The van der Waals surface area contributed by atoms with E-state index in [0.29, 0.717) is 17.3 Å². The SMILES string of the molecule is CNc1ncc(Br)cc1C(=O)NCC1CCC1. The lowest BCUT2D eigenvalue weighted by Crippen LogP contribution is -2.32. The van der Waals surface area contributed by atoms with Gasteiger partial charge in [-0.15, -0.1) is 0 Å². The lowest BCUT2D eigenvalue weighted by Gasteiger charge is -2.25. The van der Waals surface area contributed by atoms with E-state index < -0.39 is 0 Å². The normalized spacial score (nSPS) is 15.2. The first-order valence-electron chi connectivity index (χ1n) is 5.82. The minimum absolute atomic E-state index is 0.0601. The molecule has 1 aromatic heterocycles. The summed E-state index contributed by atoms with van der Waals surface area (Å²) in [5.74, 6) is 1.21. The van der Waals surface area contributed by atoms with Gasteiger partial charge in [-0.05, 0) is 40.8 Å². The summed E-state index contributed by atoms with van der Waals surface area (Å²) in [5.41, 5.74) is 0.584. The molecule has 0 unspecified atom stereocenters. The first-order chi connectivity index (χ1) is 8.20. The Balaban J connectivity index is 2.03. The Morgan fingerprint density at radius 3 is 2.94 bits per heavy atom. The van der Waals surface area contributed by atoms with Gasteiger partial charge in [-0.1, -0.05) is 6.42 Å². The zero-order chi connectivity index (χ0) is 12.3. The van der Waals surface area contributed by atoms with Gasteiger partial charge in [0.25, 0.3) is 5.91 Å². The standard InChI is InChI=1S/C12H16BrN3O/c1-14-11-10(5-9(13)7-15-11)12(17)16-6-8-3-2-4-8/h5,7-8H,2-4,6H2,1H3,(H,14,15)(H,16,17). The number of amides is 1. The number of nitrogens with one attached hydrogen (secondary N) is 2. The van der Waals surface area contributed by atoms with Gasteiger partial charge in [0.2, 0.25) is 0 Å². The van der Waals surface area contributed by atoms with Crippen LogP contribution >= 0.6 is 15.9 Å². The maximum atomic E-state index is 12.0. The number of nitrogens with zero attached hydrogens (tertiary/aromatic N) is 1. The van der Waals surface area contributed by atoms with Crippen molar-refractivity contribution in [3.63, 3.8) is 0 Å². The lowest BCUT2D eigenvalue weighted by atomic mass is 9.85. The highest BCUT2D eigenvalue weighted by molar-refractivity contribution is 9.10. The fourth-order valence-corrected chi connectivity index (χ4v) is 2.17. The molecule has 1 amide bonds. The second-order valence-electron chi connectivity index (χ2n) is 4.31. The molecule has 5 heteroatoms. The van der Waals surface area contributed by atoms with E-state index in [9.17, 15) is 4.79 Å². The van der Waals surface area contributed by atoms with Crippen LogP contribution in [0.1, 0.15) is 29.6 Å². The Bertz CT molecular complexity index is 418. The summed E-state index contributed by atoms with van der Waals surface area (Å²) >= 11 is 3.33. The second-order valence-corrected chi connectivity index (χ2v) is 5.22. The van der Waals surface area contributed by atoms with Crippen LogP contribution in [0.5, 0.6) is 0 Å². The molecular formula is C12H16BrN3O. The maximum absolute atomic E-state index is 12.0. The first kappa shape index (κ1) is 12.4. The van der Waals surface area contributed by atoms with E-state index >= 15 is 0 Å². The van der Waals surface area contributed by atoms with Gasteiger partial charge in [-0.25, -0.2) is 4.98 Å². The Morgan fingerprint density at radius 1 is 1.59 bits per heavy atom. The molecule has 4 nitrogen and oxygen atoms in total. The molecule has 0 bridgehead atoms. The fourth-order valence-electron chi connectivity index (χ4n) is 1.84. The Kier molecular flexibility index (Phi) is 3.99. The Morgan fingerprint density at radius 2 is 2.35 bits per heavy atom. The van der Waals surface area contributed by atoms with Gasteiger partial charge in [0.1, 0.15) is 5.82 Å². The van der Waals surface area contributed by atoms with E-state index in [4.69, 9.17) is 0 Å². The number of hydrogen-bond acceptors (Lipinski definition) is 3. The van der Waals surface area contributed by atoms with Crippen molar-refractivity contribution in [1.82, 2.24) is 10.3 Å². The van der Waals surface area contributed by atoms with Gasteiger partial charge in [0.05, 0.1) is 5.56 Å².